The van der Waals surface area contributed by atoms with Crippen molar-refractivity contribution in [2.24, 2.45) is 0 Å². The smallest absolute Gasteiger partial charge is 0.254 e. The minimum atomic E-state index is -3.70. The maximum Gasteiger partial charge on any atom is 0.254 e. The van der Waals surface area contributed by atoms with Gasteiger partial charge >= 0.3 is 0 Å². The van der Waals surface area contributed by atoms with Gasteiger partial charge in [-0.05, 0) is 24.5 Å². The minimum absolute atomic E-state index is 0.0588. The first-order valence-corrected chi connectivity index (χ1v) is 13.4. The Bertz CT molecular complexity index is 1420. The van der Waals surface area contributed by atoms with E-state index in [1.807, 2.05) is 85.8 Å². The highest BCUT2D eigenvalue weighted by Gasteiger charge is 2.26. The number of nitrogens with zero attached hydrogens (tertiary/aromatic N) is 1. The van der Waals surface area contributed by atoms with Gasteiger partial charge in [-0.2, -0.15) is 0 Å². The van der Waals surface area contributed by atoms with E-state index in [4.69, 9.17) is 4.98 Å². The first-order valence-electron chi connectivity index (χ1n) is 11.8. The number of anilines is 1. The fourth-order valence-corrected chi connectivity index (χ4v) is 5.31. The molecule has 1 amide bonds. The molecule has 1 aromatic heterocycles. The maximum absolute atomic E-state index is 13.9. The van der Waals surface area contributed by atoms with Crippen LogP contribution in [-0.2, 0) is 10.0 Å². The van der Waals surface area contributed by atoms with Gasteiger partial charge in [-0.15, -0.1) is 0 Å². The van der Waals surface area contributed by atoms with Gasteiger partial charge in [-0.1, -0.05) is 92.7 Å². The molecular weight excluding hydrogens is 458 g/mol. The van der Waals surface area contributed by atoms with E-state index < -0.39 is 10.0 Å². The molecule has 0 fully saturated rings. The summed E-state index contributed by atoms with van der Waals surface area (Å²) >= 11 is 0. The first-order chi connectivity index (χ1) is 16.9. The monoisotopic (exact) mass is 487 g/mol. The van der Waals surface area contributed by atoms with E-state index in [9.17, 15) is 13.2 Å². The number of hydrogen-bond acceptors (Lipinski definition) is 4. The Morgan fingerprint density at radius 2 is 1.51 bits per heavy atom. The van der Waals surface area contributed by atoms with Crippen LogP contribution in [0.1, 0.15) is 48.7 Å². The standard InChI is InChI=1S/C28H29N3O3S/c1-3-19-35(33,34)31-27-25(28(32)30-23(4-2)20-13-7-5-8-14-20)22-17-11-12-18-24(22)29-26(27)21-15-9-6-10-16-21/h5-18,23,31H,3-4,19H2,1-2H3,(H,30,32). The molecule has 0 saturated carbocycles. The zero-order chi connectivity index (χ0) is 24.8. The molecule has 1 atom stereocenters. The highest BCUT2D eigenvalue weighted by molar-refractivity contribution is 7.92. The fourth-order valence-electron chi connectivity index (χ4n) is 4.16. The predicted octanol–water partition coefficient (Wildman–Crippen LogP) is 5.93. The quantitative estimate of drug-likeness (QED) is 0.306. The summed E-state index contributed by atoms with van der Waals surface area (Å²) in [5.41, 5.74) is 3.20. The predicted molar refractivity (Wildman–Crippen MR) is 142 cm³/mol. The van der Waals surface area contributed by atoms with Gasteiger partial charge < -0.3 is 5.32 Å². The lowest BCUT2D eigenvalue weighted by Crippen LogP contribution is -2.30. The van der Waals surface area contributed by atoms with E-state index >= 15 is 0 Å². The number of pyridine rings is 1. The molecule has 0 aliphatic rings. The molecule has 7 heteroatoms. The Morgan fingerprint density at radius 1 is 0.886 bits per heavy atom. The number of aromatic nitrogens is 1. The summed E-state index contributed by atoms with van der Waals surface area (Å²) in [6.07, 6.45) is 1.13. The van der Waals surface area contributed by atoms with Gasteiger partial charge in [0.2, 0.25) is 10.0 Å². The van der Waals surface area contributed by atoms with Crippen LogP contribution < -0.4 is 10.0 Å². The summed E-state index contributed by atoms with van der Waals surface area (Å²) < 4.78 is 28.6. The molecule has 0 aliphatic heterocycles. The number of sulfonamides is 1. The van der Waals surface area contributed by atoms with Crippen LogP contribution in [0.15, 0.2) is 84.9 Å². The maximum atomic E-state index is 13.9. The van der Waals surface area contributed by atoms with E-state index in [0.29, 0.717) is 29.4 Å². The molecule has 35 heavy (non-hydrogen) atoms. The van der Waals surface area contributed by atoms with Crippen LogP contribution in [0.4, 0.5) is 5.69 Å². The van der Waals surface area contributed by atoms with Crippen LogP contribution in [0.3, 0.4) is 0 Å². The largest absolute Gasteiger partial charge is 0.345 e. The van der Waals surface area contributed by atoms with Gasteiger partial charge in [0.05, 0.1) is 34.3 Å². The Balaban J connectivity index is 1.93. The van der Waals surface area contributed by atoms with Gasteiger partial charge in [-0.25, -0.2) is 13.4 Å². The lowest BCUT2D eigenvalue weighted by atomic mass is 9.99. The second-order valence-electron chi connectivity index (χ2n) is 8.36. The van der Waals surface area contributed by atoms with Crippen molar-refractivity contribution in [2.45, 2.75) is 32.7 Å². The van der Waals surface area contributed by atoms with E-state index in [1.165, 1.54) is 0 Å². The number of para-hydroxylation sites is 1. The third kappa shape index (κ3) is 5.52. The third-order valence-corrected chi connectivity index (χ3v) is 7.27. The summed E-state index contributed by atoms with van der Waals surface area (Å²) in [4.78, 5) is 18.7. The van der Waals surface area contributed by atoms with Crippen molar-refractivity contribution < 1.29 is 13.2 Å². The van der Waals surface area contributed by atoms with E-state index in [0.717, 1.165) is 11.1 Å². The summed E-state index contributed by atoms with van der Waals surface area (Å²) in [5, 5.41) is 3.71. The van der Waals surface area contributed by atoms with Gasteiger partial charge in [-0.3, -0.25) is 9.52 Å². The Labute approximate surface area is 206 Å². The Morgan fingerprint density at radius 3 is 2.17 bits per heavy atom. The molecule has 0 spiro atoms. The fraction of sp³-hybridized carbons (Fsp3) is 0.214. The topological polar surface area (TPSA) is 88.2 Å². The Kier molecular flexibility index (Phi) is 7.46. The number of nitrogens with one attached hydrogen (secondary N) is 2. The molecular formula is C28H29N3O3S. The van der Waals surface area contributed by atoms with Crippen molar-refractivity contribution in [3.63, 3.8) is 0 Å². The van der Waals surface area contributed by atoms with Crippen molar-refractivity contribution in [1.82, 2.24) is 10.3 Å². The SMILES string of the molecule is CCCS(=O)(=O)Nc1c(-c2ccccc2)nc2ccccc2c1C(=O)NC(CC)c1ccccc1. The zero-order valence-electron chi connectivity index (χ0n) is 19.9. The molecule has 180 valence electrons. The van der Waals surface area contributed by atoms with Crippen LogP contribution in [0.2, 0.25) is 0 Å². The molecule has 0 bridgehead atoms. The van der Waals surface area contributed by atoms with Gasteiger partial charge in [0, 0.05) is 10.9 Å². The number of rotatable bonds is 9. The number of carbonyl (C=O) groups is 1. The first kappa shape index (κ1) is 24.4. The van der Waals surface area contributed by atoms with Gasteiger partial charge in [0.15, 0.2) is 0 Å². The van der Waals surface area contributed by atoms with Crippen LogP contribution in [0, 0.1) is 0 Å². The molecule has 0 saturated heterocycles. The number of carbonyl (C=O) groups excluding carboxylic acids is 1. The van der Waals surface area contributed by atoms with Gasteiger partial charge in [0.25, 0.3) is 5.91 Å². The van der Waals surface area contributed by atoms with E-state index in [-0.39, 0.29) is 29.0 Å². The summed E-state index contributed by atoms with van der Waals surface area (Å²) in [5.74, 6) is -0.415. The molecule has 3 aromatic carbocycles. The average molecular weight is 488 g/mol. The van der Waals surface area contributed by atoms with Crippen molar-refractivity contribution in [2.75, 3.05) is 10.5 Å². The van der Waals surface area contributed by atoms with Crippen molar-refractivity contribution in [1.29, 1.82) is 0 Å². The second kappa shape index (κ2) is 10.7. The van der Waals surface area contributed by atoms with Crippen molar-refractivity contribution in [3.05, 3.63) is 96.1 Å². The lowest BCUT2D eigenvalue weighted by molar-refractivity contribution is 0.0938. The molecule has 4 rings (SSSR count). The molecule has 6 nitrogen and oxygen atoms in total. The van der Waals surface area contributed by atoms with Crippen molar-refractivity contribution in [3.8, 4) is 11.3 Å². The number of amides is 1. The van der Waals surface area contributed by atoms with E-state index in [1.54, 1.807) is 13.0 Å². The number of benzene rings is 3. The highest BCUT2D eigenvalue weighted by atomic mass is 32.2. The van der Waals surface area contributed by atoms with E-state index in [2.05, 4.69) is 10.0 Å². The summed E-state index contributed by atoms with van der Waals surface area (Å²) in [6.45, 7) is 3.80. The average Bonchev–Trinajstić information content (AvgIpc) is 2.87. The van der Waals surface area contributed by atoms with Gasteiger partial charge in [0.1, 0.15) is 0 Å². The molecule has 0 radical (unpaired) electrons. The van der Waals surface area contributed by atoms with Crippen LogP contribution in [0.5, 0.6) is 0 Å². The van der Waals surface area contributed by atoms with Crippen LogP contribution >= 0.6 is 0 Å². The highest BCUT2D eigenvalue weighted by Crippen LogP contribution is 2.35. The third-order valence-electron chi connectivity index (χ3n) is 5.81. The number of hydrogen-bond donors (Lipinski definition) is 2. The lowest BCUT2D eigenvalue weighted by Gasteiger charge is -2.22. The van der Waals surface area contributed by atoms with Crippen LogP contribution in [-0.4, -0.2) is 25.1 Å². The molecule has 1 heterocycles. The Hall–Kier alpha value is -3.71. The molecule has 4 aromatic rings. The molecule has 0 aliphatic carbocycles. The summed E-state index contributed by atoms with van der Waals surface area (Å²) in [7, 11) is -3.70. The molecule has 1 unspecified atom stereocenters. The number of fused-ring (bicyclic) bond motifs is 1. The summed E-state index contributed by atoms with van der Waals surface area (Å²) in [6, 6.07) is 26.1. The van der Waals surface area contributed by atoms with Crippen molar-refractivity contribution >= 4 is 32.5 Å². The minimum Gasteiger partial charge on any atom is -0.345 e. The normalized spacial score (nSPS) is 12.3. The second-order valence-corrected chi connectivity index (χ2v) is 10.2. The molecule has 2 N–H and O–H groups in total. The van der Waals surface area contributed by atoms with Crippen LogP contribution in [0.25, 0.3) is 22.2 Å². The zero-order valence-corrected chi connectivity index (χ0v) is 20.7.